The summed E-state index contributed by atoms with van der Waals surface area (Å²) in [6, 6.07) is 2.08. The maximum atomic E-state index is 11.6. The summed E-state index contributed by atoms with van der Waals surface area (Å²) in [6.45, 7) is 7.26. The van der Waals surface area contributed by atoms with Crippen LogP contribution in [0.1, 0.15) is 26.8 Å². The number of rotatable bonds is 2. The van der Waals surface area contributed by atoms with Crippen molar-refractivity contribution in [3.8, 4) is 0 Å². The Balaban J connectivity index is 1.98. The molecule has 0 aliphatic carbocycles. The third kappa shape index (κ3) is 2.97. The Morgan fingerprint density at radius 3 is 2.82 bits per heavy atom. The minimum atomic E-state index is -0.493. The summed E-state index contributed by atoms with van der Waals surface area (Å²) in [5.74, 6) is 0.672. The molecule has 1 aromatic rings. The number of aromatic nitrogens is 2. The number of hydrogen-bond acceptors (Lipinski definition) is 4. The predicted molar refractivity (Wildman–Crippen MR) is 64.0 cm³/mol. The zero-order valence-corrected chi connectivity index (χ0v) is 10.4. The van der Waals surface area contributed by atoms with E-state index in [9.17, 15) is 4.79 Å². The Morgan fingerprint density at radius 2 is 2.29 bits per heavy atom. The highest BCUT2D eigenvalue weighted by Crippen LogP contribution is 2.18. The van der Waals surface area contributed by atoms with Gasteiger partial charge >= 0.3 is 6.09 Å². The normalized spacial score (nSPS) is 16.4. The molecule has 1 aromatic heterocycles. The highest BCUT2D eigenvalue weighted by molar-refractivity contribution is 5.83. The van der Waals surface area contributed by atoms with Gasteiger partial charge in [-0.05, 0) is 20.8 Å². The number of anilines is 1. The topological polar surface area (TPSA) is 68.2 Å². The molecule has 6 nitrogen and oxygen atoms in total. The van der Waals surface area contributed by atoms with Gasteiger partial charge in [-0.3, -0.25) is 5.32 Å². The van der Waals surface area contributed by atoms with Gasteiger partial charge in [0.1, 0.15) is 11.4 Å². The third-order valence-electron chi connectivity index (χ3n) is 2.41. The van der Waals surface area contributed by atoms with Crippen molar-refractivity contribution in [3.05, 3.63) is 12.3 Å². The fraction of sp³-hybridized carbons (Fsp3) is 0.636. The monoisotopic (exact) mass is 238 g/mol. The molecule has 1 fully saturated rings. The van der Waals surface area contributed by atoms with E-state index in [1.165, 1.54) is 0 Å². The number of carbonyl (C=O) groups excluding carboxylic acids is 1. The number of hydrogen-bond donors (Lipinski definition) is 2. The van der Waals surface area contributed by atoms with Crippen LogP contribution in [0.4, 0.5) is 10.6 Å². The van der Waals surface area contributed by atoms with Crippen molar-refractivity contribution < 1.29 is 9.53 Å². The largest absolute Gasteiger partial charge is 0.444 e. The molecular weight excluding hydrogens is 220 g/mol. The lowest BCUT2D eigenvalue weighted by Crippen LogP contribution is -2.44. The van der Waals surface area contributed by atoms with Crippen LogP contribution in [0.2, 0.25) is 0 Å². The van der Waals surface area contributed by atoms with E-state index in [1.807, 2.05) is 20.8 Å². The molecule has 1 saturated heterocycles. The van der Waals surface area contributed by atoms with Gasteiger partial charge in [0.2, 0.25) is 0 Å². The van der Waals surface area contributed by atoms with Gasteiger partial charge in [-0.15, -0.1) is 0 Å². The van der Waals surface area contributed by atoms with E-state index in [0.29, 0.717) is 11.9 Å². The van der Waals surface area contributed by atoms with Crippen LogP contribution in [0.15, 0.2) is 12.3 Å². The Labute approximate surface area is 100 Å². The van der Waals surface area contributed by atoms with Crippen molar-refractivity contribution in [2.45, 2.75) is 32.4 Å². The van der Waals surface area contributed by atoms with Crippen LogP contribution in [0, 0.1) is 0 Å². The average molecular weight is 238 g/mol. The third-order valence-corrected chi connectivity index (χ3v) is 2.41. The van der Waals surface area contributed by atoms with E-state index >= 15 is 0 Å². The van der Waals surface area contributed by atoms with Gasteiger partial charge in [-0.1, -0.05) is 0 Å². The fourth-order valence-electron chi connectivity index (χ4n) is 1.56. The van der Waals surface area contributed by atoms with Crippen molar-refractivity contribution in [1.82, 2.24) is 15.1 Å². The maximum Gasteiger partial charge on any atom is 0.413 e. The summed E-state index contributed by atoms with van der Waals surface area (Å²) in [5.41, 5.74) is -0.493. The highest BCUT2D eigenvalue weighted by Gasteiger charge is 2.23. The Hall–Kier alpha value is -1.56. The van der Waals surface area contributed by atoms with Crippen LogP contribution in [0.5, 0.6) is 0 Å². The standard InChI is InChI=1S/C11H18N4O2/c1-11(2,3)17-10(16)14-9-4-5-13-15(9)8-6-12-7-8/h4-5,8,12H,6-7H2,1-3H3,(H,14,16). The first-order valence-electron chi connectivity index (χ1n) is 5.70. The van der Waals surface area contributed by atoms with Crippen molar-refractivity contribution in [2.24, 2.45) is 0 Å². The van der Waals surface area contributed by atoms with Crippen LogP contribution in [0.3, 0.4) is 0 Å². The summed E-state index contributed by atoms with van der Waals surface area (Å²) in [7, 11) is 0. The van der Waals surface area contributed by atoms with Gasteiger partial charge < -0.3 is 10.1 Å². The summed E-state index contributed by atoms with van der Waals surface area (Å²) < 4.78 is 7.00. The molecular formula is C11H18N4O2. The summed E-state index contributed by atoms with van der Waals surface area (Å²) in [5, 5.41) is 10.1. The van der Waals surface area contributed by atoms with Gasteiger partial charge in [-0.2, -0.15) is 5.10 Å². The van der Waals surface area contributed by atoms with Gasteiger partial charge in [-0.25, -0.2) is 9.48 Å². The zero-order valence-electron chi connectivity index (χ0n) is 10.4. The quantitative estimate of drug-likeness (QED) is 0.816. The van der Waals surface area contributed by atoms with E-state index in [-0.39, 0.29) is 0 Å². The van der Waals surface area contributed by atoms with E-state index in [4.69, 9.17) is 4.74 Å². The maximum absolute atomic E-state index is 11.6. The zero-order chi connectivity index (χ0) is 12.5. The summed E-state index contributed by atoms with van der Waals surface area (Å²) in [6.07, 6.45) is 1.22. The first kappa shape index (κ1) is 11.9. The Kier molecular flexibility index (Phi) is 3.06. The van der Waals surface area contributed by atoms with Crippen LogP contribution in [0.25, 0.3) is 0 Å². The van der Waals surface area contributed by atoms with Crippen molar-refractivity contribution in [1.29, 1.82) is 0 Å². The molecule has 0 bridgehead atoms. The molecule has 1 amide bonds. The number of amides is 1. The van der Waals surface area contributed by atoms with E-state index in [1.54, 1.807) is 16.9 Å². The first-order valence-corrected chi connectivity index (χ1v) is 5.70. The van der Waals surface area contributed by atoms with Gasteiger partial charge in [0.25, 0.3) is 0 Å². The van der Waals surface area contributed by atoms with Gasteiger partial charge in [0.05, 0.1) is 12.2 Å². The lowest BCUT2D eigenvalue weighted by atomic mass is 10.2. The second-order valence-electron chi connectivity index (χ2n) is 5.10. The second kappa shape index (κ2) is 4.37. The Bertz CT molecular complexity index is 404. The van der Waals surface area contributed by atoms with Crippen LogP contribution in [-0.2, 0) is 4.74 Å². The molecule has 2 rings (SSSR count). The molecule has 94 valence electrons. The summed E-state index contributed by atoms with van der Waals surface area (Å²) in [4.78, 5) is 11.6. The lowest BCUT2D eigenvalue weighted by Gasteiger charge is -2.29. The smallest absolute Gasteiger partial charge is 0.413 e. The van der Waals surface area contributed by atoms with E-state index in [0.717, 1.165) is 13.1 Å². The van der Waals surface area contributed by atoms with E-state index in [2.05, 4.69) is 15.7 Å². The molecule has 1 aliphatic heterocycles. The highest BCUT2D eigenvalue weighted by atomic mass is 16.6. The van der Waals surface area contributed by atoms with Crippen LogP contribution >= 0.6 is 0 Å². The molecule has 2 heterocycles. The average Bonchev–Trinajstić information content (AvgIpc) is 2.46. The van der Waals surface area contributed by atoms with Gasteiger partial charge in [0, 0.05) is 19.2 Å². The number of ether oxygens (including phenoxy) is 1. The molecule has 0 atom stereocenters. The molecule has 1 aliphatic rings. The van der Waals surface area contributed by atoms with Crippen LogP contribution in [-0.4, -0.2) is 34.6 Å². The van der Waals surface area contributed by atoms with Crippen molar-refractivity contribution in [3.63, 3.8) is 0 Å². The minimum absolute atomic E-state index is 0.315. The van der Waals surface area contributed by atoms with Crippen molar-refractivity contribution in [2.75, 3.05) is 18.4 Å². The molecule has 2 N–H and O–H groups in total. The molecule has 17 heavy (non-hydrogen) atoms. The molecule has 6 heteroatoms. The van der Waals surface area contributed by atoms with Crippen LogP contribution < -0.4 is 10.6 Å². The SMILES string of the molecule is CC(C)(C)OC(=O)Nc1ccnn1C1CNC1. The van der Waals surface area contributed by atoms with E-state index < -0.39 is 11.7 Å². The minimum Gasteiger partial charge on any atom is -0.444 e. The molecule has 0 radical (unpaired) electrons. The second-order valence-corrected chi connectivity index (χ2v) is 5.10. The lowest BCUT2D eigenvalue weighted by molar-refractivity contribution is 0.0634. The number of nitrogens with zero attached hydrogens (tertiary/aromatic N) is 2. The Morgan fingerprint density at radius 1 is 1.59 bits per heavy atom. The fourth-order valence-corrected chi connectivity index (χ4v) is 1.56. The molecule has 0 unspecified atom stereocenters. The van der Waals surface area contributed by atoms with Gasteiger partial charge in [0.15, 0.2) is 0 Å². The number of carbonyl (C=O) groups is 1. The molecule has 0 aromatic carbocycles. The summed E-state index contributed by atoms with van der Waals surface area (Å²) >= 11 is 0. The number of nitrogens with one attached hydrogen (secondary N) is 2. The molecule has 0 saturated carbocycles. The van der Waals surface area contributed by atoms with Crippen molar-refractivity contribution >= 4 is 11.9 Å². The molecule has 0 spiro atoms. The first-order chi connectivity index (χ1) is 7.96. The predicted octanol–water partition coefficient (Wildman–Crippen LogP) is 1.37.